The third-order valence-electron chi connectivity index (χ3n) is 4.89. The van der Waals surface area contributed by atoms with Gasteiger partial charge in [-0.15, -0.1) is 0 Å². The van der Waals surface area contributed by atoms with Gasteiger partial charge < -0.3 is 11.1 Å². The number of nitrogens with one attached hydrogen (secondary N) is 1. The van der Waals surface area contributed by atoms with Gasteiger partial charge in [0.1, 0.15) is 0 Å². The van der Waals surface area contributed by atoms with E-state index in [1.54, 1.807) is 6.07 Å². The molecule has 124 valence electrons. The normalized spacial score (nSPS) is 15.8. The first-order valence-electron chi connectivity index (χ1n) is 8.35. The SMILES string of the molecule is NC(=O)c1ccc2ccccc2c1NC(=O)C1CCc2ccccc21. The lowest BCUT2D eigenvalue weighted by Gasteiger charge is -2.16. The zero-order valence-electron chi connectivity index (χ0n) is 13.7. The van der Waals surface area contributed by atoms with Gasteiger partial charge in [-0.25, -0.2) is 0 Å². The second kappa shape index (κ2) is 6.06. The van der Waals surface area contributed by atoms with Crippen molar-refractivity contribution in [3.05, 3.63) is 77.4 Å². The maximum atomic E-state index is 12.9. The number of carbonyl (C=O) groups is 2. The van der Waals surface area contributed by atoms with Crippen LogP contribution in [0.1, 0.15) is 33.8 Å². The molecular formula is C21H18N2O2. The Bertz CT molecular complexity index is 994. The molecule has 1 unspecified atom stereocenters. The van der Waals surface area contributed by atoms with E-state index in [1.165, 1.54) is 5.56 Å². The minimum Gasteiger partial charge on any atom is -0.366 e. The third-order valence-corrected chi connectivity index (χ3v) is 4.89. The Balaban J connectivity index is 1.74. The van der Waals surface area contributed by atoms with Crippen LogP contribution in [0, 0.1) is 0 Å². The van der Waals surface area contributed by atoms with Crippen molar-refractivity contribution in [3.8, 4) is 0 Å². The molecular weight excluding hydrogens is 312 g/mol. The number of aryl methyl sites for hydroxylation is 1. The van der Waals surface area contributed by atoms with Gasteiger partial charge in [0.05, 0.1) is 17.2 Å². The molecule has 0 aliphatic heterocycles. The van der Waals surface area contributed by atoms with Crippen molar-refractivity contribution in [2.45, 2.75) is 18.8 Å². The van der Waals surface area contributed by atoms with E-state index in [0.29, 0.717) is 11.3 Å². The van der Waals surface area contributed by atoms with Crippen molar-refractivity contribution in [2.24, 2.45) is 5.73 Å². The molecule has 25 heavy (non-hydrogen) atoms. The average Bonchev–Trinajstić information content (AvgIpc) is 3.06. The summed E-state index contributed by atoms with van der Waals surface area (Å²) in [6.07, 6.45) is 1.67. The summed E-state index contributed by atoms with van der Waals surface area (Å²) in [7, 11) is 0. The van der Waals surface area contributed by atoms with Gasteiger partial charge in [-0.3, -0.25) is 9.59 Å². The van der Waals surface area contributed by atoms with Gasteiger partial charge in [-0.05, 0) is 35.4 Å². The van der Waals surface area contributed by atoms with Gasteiger partial charge in [-0.1, -0.05) is 54.6 Å². The first kappa shape index (κ1) is 15.4. The fraction of sp³-hybridized carbons (Fsp3) is 0.143. The van der Waals surface area contributed by atoms with Crippen molar-refractivity contribution in [1.29, 1.82) is 0 Å². The molecule has 0 saturated carbocycles. The molecule has 0 spiro atoms. The van der Waals surface area contributed by atoms with Gasteiger partial charge >= 0.3 is 0 Å². The molecule has 0 aromatic heterocycles. The van der Waals surface area contributed by atoms with Crippen LogP contribution in [0.4, 0.5) is 5.69 Å². The Morgan fingerprint density at radius 1 is 0.960 bits per heavy atom. The first-order valence-corrected chi connectivity index (χ1v) is 8.35. The molecule has 4 nitrogen and oxygen atoms in total. The molecule has 2 amide bonds. The summed E-state index contributed by atoms with van der Waals surface area (Å²) in [6.45, 7) is 0. The molecule has 4 rings (SSSR count). The smallest absolute Gasteiger partial charge is 0.250 e. The molecule has 4 heteroatoms. The minimum absolute atomic E-state index is 0.0937. The molecule has 1 atom stereocenters. The highest BCUT2D eigenvalue weighted by Crippen LogP contribution is 2.35. The highest BCUT2D eigenvalue weighted by molar-refractivity contribution is 6.13. The highest BCUT2D eigenvalue weighted by atomic mass is 16.2. The van der Waals surface area contributed by atoms with E-state index in [4.69, 9.17) is 5.73 Å². The molecule has 3 aromatic rings. The lowest BCUT2D eigenvalue weighted by atomic mass is 9.99. The molecule has 0 bridgehead atoms. The van der Waals surface area contributed by atoms with E-state index >= 15 is 0 Å². The number of nitrogens with two attached hydrogens (primary N) is 1. The van der Waals surface area contributed by atoms with E-state index in [9.17, 15) is 9.59 Å². The Hall–Kier alpha value is -3.14. The Labute approximate surface area is 145 Å². The van der Waals surface area contributed by atoms with Crippen LogP contribution in [0.25, 0.3) is 10.8 Å². The maximum Gasteiger partial charge on any atom is 0.250 e. The van der Waals surface area contributed by atoms with Crippen LogP contribution in [-0.4, -0.2) is 11.8 Å². The highest BCUT2D eigenvalue weighted by Gasteiger charge is 2.29. The standard InChI is InChI=1S/C21H18N2O2/c22-20(24)18-12-10-14-6-2-4-8-16(14)19(18)23-21(25)17-11-9-13-5-1-3-7-15(13)17/h1-8,10,12,17H,9,11H2,(H2,22,24)(H,23,25). The number of benzene rings is 3. The number of hydrogen-bond donors (Lipinski definition) is 2. The maximum absolute atomic E-state index is 12.9. The molecule has 3 N–H and O–H groups in total. The summed E-state index contributed by atoms with van der Waals surface area (Å²) in [5.41, 5.74) is 8.64. The Morgan fingerprint density at radius 3 is 2.56 bits per heavy atom. The van der Waals surface area contributed by atoms with Crippen molar-refractivity contribution in [2.75, 3.05) is 5.32 Å². The van der Waals surface area contributed by atoms with Crippen LogP contribution in [-0.2, 0) is 11.2 Å². The van der Waals surface area contributed by atoms with E-state index < -0.39 is 5.91 Å². The number of anilines is 1. The zero-order valence-corrected chi connectivity index (χ0v) is 13.7. The lowest BCUT2D eigenvalue weighted by molar-refractivity contribution is -0.117. The van der Waals surface area contributed by atoms with Gasteiger partial charge in [0.25, 0.3) is 5.91 Å². The number of fused-ring (bicyclic) bond motifs is 2. The number of carbonyl (C=O) groups excluding carboxylic acids is 2. The van der Waals surface area contributed by atoms with Crippen LogP contribution in [0.15, 0.2) is 60.7 Å². The van der Waals surface area contributed by atoms with E-state index in [0.717, 1.165) is 29.2 Å². The van der Waals surface area contributed by atoms with Crippen LogP contribution in [0.5, 0.6) is 0 Å². The fourth-order valence-electron chi connectivity index (χ4n) is 3.65. The Kier molecular flexibility index (Phi) is 3.73. The summed E-state index contributed by atoms with van der Waals surface area (Å²) in [6, 6.07) is 19.2. The molecule has 1 aliphatic carbocycles. The fourth-order valence-corrected chi connectivity index (χ4v) is 3.65. The average molecular weight is 330 g/mol. The van der Waals surface area contributed by atoms with Crippen molar-refractivity contribution in [3.63, 3.8) is 0 Å². The van der Waals surface area contributed by atoms with Gasteiger partial charge in [0, 0.05) is 5.39 Å². The van der Waals surface area contributed by atoms with Gasteiger partial charge in [0.2, 0.25) is 5.91 Å². The summed E-state index contributed by atoms with van der Waals surface area (Å²) >= 11 is 0. The molecule has 0 heterocycles. The van der Waals surface area contributed by atoms with Gasteiger partial charge in [-0.2, -0.15) is 0 Å². The van der Waals surface area contributed by atoms with E-state index in [2.05, 4.69) is 11.4 Å². The monoisotopic (exact) mass is 330 g/mol. The zero-order chi connectivity index (χ0) is 17.4. The van der Waals surface area contributed by atoms with Crippen molar-refractivity contribution < 1.29 is 9.59 Å². The summed E-state index contributed by atoms with van der Waals surface area (Å²) in [4.78, 5) is 24.8. The van der Waals surface area contributed by atoms with E-state index in [1.807, 2.05) is 48.5 Å². The van der Waals surface area contributed by atoms with Crippen LogP contribution < -0.4 is 11.1 Å². The molecule has 1 aliphatic rings. The molecule has 0 saturated heterocycles. The first-order chi connectivity index (χ1) is 12.1. The molecule has 3 aromatic carbocycles. The van der Waals surface area contributed by atoms with Crippen LogP contribution in [0.2, 0.25) is 0 Å². The summed E-state index contributed by atoms with van der Waals surface area (Å²) < 4.78 is 0. The number of rotatable bonds is 3. The van der Waals surface area contributed by atoms with Crippen molar-refractivity contribution in [1.82, 2.24) is 0 Å². The number of amides is 2. The van der Waals surface area contributed by atoms with Crippen LogP contribution >= 0.6 is 0 Å². The quantitative estimate of drug-likeness (QED) is 0.770. The summed E-state index contributed by atoms with van der Waals surface area (Å²) in [5, 5.41) is 4.75. The second-order valence-electron chi connectivity index (χ2n) is 6.35. The van der Waals surface area contributed by atoms with E-state index in [-0.39, 0.29) is 11.8 Å². The third kappa shape index (κ3) is 2.66. The van der Waals surface area contributed by atoms with Crippen molar-refractivity contribution >= 4 is 28.3 Å². The Morgan fingerprint density at radius 2 is 1.72 bits per heavy atom. The molecule has 0 fully saturated rings. The number of hydrogen-bond acceptors (Lipinski definition) is 2. The summed E-state index contributed by atoms with van der Waals surface area (Å²) in [5.74, 6) is -0.840. The van der Waals surface area contributed by atoms with Crippen LogP contribution in [0.3, 0.4) is 0 Å². The number of primary amides is 1. The predicted molar refractivity (Wildman–Crippen MR) is 98.6 cm³/mol. The van der Waals surface area contributed by atoms with Gasteiger partial charge in [0.15, 0.2) is 0 Å². The molecule has 0 radical (unpaired) electrons. The second-order valence-corrected chi connectivity index (χ2v) is 6.35. The minimum atomic E-state index is -0.548. The lowest BCUT2D eigenvalue weighted by Crippen LogP contribution is -2.22. The largest absolute Gasteiger partial charge is 0.366 e. The predicted octanol–water partition coefficient (Wildman–Crippen LogP) is 3.61. The topological polar surface area (TPSA) is 72.2 Å².